The summed E-state index contributed by atoms with van der Waals surface area (Å²) >= 11 is 12.6. The summed E-state index contributed by atoms with van der Waals surface area (Å²) in [4.78, 5) is 53.7. The fourth-order valence-electron chi connectivity index (χ4n) is 7.27. The molecular formula is C38H42Cl2FN3O10. The van der Waals surface area contributed by atoms with E-state index >= 15 is 4.39 Å². The van der Waals surface area contributed by atoms with Crippen LogP contribution >= 0.6 is 23.2 Å². The van der Waals surface area contributed by atoms with Crippen molar-refractivity contribution in [3.63, 3.8) is 0 Å². The van der Waals surface area contributed by atoms with Crippen molar-refractivity contribution in [2.75, 3.05) is 51.3 Å². The average molecular weight is 791 g/mol. The number of aromatic carboxylic acids is 1. The molecule has 2 aliphatic heterocycles. The first-order valence-electron chi connectivity index (χ1n) is 17.1. The Labute approximate surface area is 321 Å². The van der Waals surface area contributed by atoms with Crippen molar-refractivity contribution >= 4 is 58.5 Å². The van der Waals surface area contributed by atoms with Crippen molar-refractivity contribution in [1.82, 2.24) is 5.32 Å². The Morgan fingerprint density at radius 3 is 2.43 bits per heavy atom. The molecule has 5 rings (SSSR count). The topological polar surface area (TPSA) is 171 Å². The number of benzene rings is 3. The van der Waals surface area contributed by atoms with Crippen molar-refractivity contribution in [1.29, 1.82) is 0 Å². The van der Waals surface area contributed by atoms with E-state index in [1.807, 2.05) is 20.8 Å². The minimum absolute atomic E-state index is 0.0227. The first kappa shape index (κ1) is 40.7. The van der Waals surface area contributed by atoms with Gasteiger partial charge in [0.2, 0.25) is 11.8 Å². The van der Waals surface area contributed by atoms with Gasteiger partial charge in [0.15, 0.2) is 0 Å². The van der Waals surface area contributed by atoms with Gasteiger partial charge in [-0.2, -0.15) is 0 Å². The van der Waals surface area contributed by atoms with Crippen molar-refractivity contribution in [3.05, 3.63) is 86.6 Å². The number of ether oxygens (including phenoxy) is 5. The molecule has 4 N–H and O–H groups in total. The quantitative estimate of drug-likeness (QED) is 0.103. The SMILES string of the molecule is COCCOCCOC(=O)OCc1c(C(=O)O)ccc(NC(=O)[C@@H]2N[C@@H](CC(C)(C)C)[C@@]3(C(=O)Nc4cc(Cl)ccc43)[C@H]2c2cccc(Cl)c2F)c1OC. The lowest BCUT2D eigenvalue weighted by Gasteiger charge is -2.37. The number of carbonyl (C=O) groups excluding carboxylic acids is 3. The molecule has 4 atom stereocenters. The number of hydrogen-bond acceptors (Lipinski definition) is 10. The molecule has 16 heteroatoms. The van der Waals surface area contributed by atoms with Crippen molar-refractivity contribution in [2.45, 2.75) is 57.2 Å². The van der Waals surface area contributed by atoms with Crippen LogP contribution in [-0.4, -0.2) is 81.8 Å². The largest absolute Gasteiger partial charge is 0.508 e. The van der Waals surface area contributed by atoms with E-state index in [2.05, 4.69) is 16.0 Å². The van der Waals surface area contributed by atoms with E-state index in [9.17, 15) is 24.3 Å². The maximum absolute atomic E-state index is 16.2. The van der Waals surface area contributed by atoms with E-state index in [1.165, 1.54) is 38.5 Å². The van der Waals surface area contributed by atoms with E-state index in [-0.39, 0.29) is 51.8 Å². The number of carboxylic acids is 1. The molecule has 3 aromatic carbocycles. The number of methoxy groups -OCH3 is 2. The van der Waals surface area contributed by atoms with Gasteiger partial charge in [0.05, 0.1) is 49.2 Å². The van der Waals surface area contributed by atoms with Crippen LogP contribution < -0.4 is 20.7 Å². The minimum Gasteiger partial charge on any atom is -0.494 e. The van der Waals surface area contributed by atoms with Crippen LogP contribution in [-0.2, 0) is 40.6 Å². The molecule has 0 saturated carbocycles. The van der Waals surface area contributed by atoms with Gasteiger partial charge in [0.1, 0.15) is 30.2 Å². The zero-order chi connectivity index (χ0) is 39.4. The van der Waals surface area contributed by atoms with Gasteiger partial charge in [0, 0.05) is 35.3 Å². The summed E-state index contributed by atoms with van der Waals surface area (Å²) in [6.07, 6.45) is -0.704. The van der Waals surface area contributed by atoms with Gasteiger partial charge >= 0.3 is 12.1 Å². The Kier molecular flexibility index (Phi) is 12.7. The summed E-state index contributed by atoms with van der Waals surface area (Å²) in [5.74, 6) is -4.53. The molecule has 0 bridgehead atoms. The first-order valence-corrected chi connectivity index (χ1v) is 17.8. The lowest BCUT2D eigenvalue weighted by molar-refractivity contribution is -0.122. The Balaban J connectivity index is 1.53. The number of anilines is 2. The van der Waals surface area contributed by atoms with Crippen LogP contribution in [0.3, 0.4) is 0 Å². The molecule has 0 aliphatic carbocycles. The average Bonchev–Trinajstić information content (AvgIpc) is 3.58. The molecule has 1 saturated heterocycles. The molecule has 1 spiro atoms. The zero-order valence-corrected chi connectivity index (χ0v) is 31.9. The van der Waals surface area contributed by atoms with Crippen LogP contribution in [0.1, 0.15) is 60.2 Å². The second-order valence-corrected chi connectivity index (χ2v) is 14.9. The van der Waals surface area contributed by atoms with E-state index in [0.29, 0.717) is 35.9 Å². The maximum Gasteiger partial charge on any atom is 0.508 e. The van der Waals surface area contributed by atoms with Crippen LogP contribution in [0, 0.1) is 11.2 Å². The normalized spacial score (nSPS) is 20.4. The lowest BCUT2D eigenvalue weighted by atomic mass is 9.62. The third-order valence-electron chi connectivity index (χ3n) is 9.39. The Bertz CT molecular complexity index is 1920. The zero-order valence-electron chi connectivity index (χ0n) is 30.3. The van der Waals surface area contributed by atoms with Crippen molar-refractivity contribution in [3.8, 4) is 5.75 Å². The molecule has 2 amide bonds. The highest BCUT2D eigenvalue weighted by atomic mass is 35.5. The summed E-state index contributed by atoms with van der Waals surface area (Å²) in [6, 6.07) is 9.99. The Morgan fingerprint density at radius 2 is 1.74 bits per heavy atom. The fraction of sp³-hybridized carbons (Fsp3) is 0.421. The summed E-state index contributed by atoms with van der Waals surface area (Å²) in [7, 11) is 2.78. The number of halogens is 3. The highest BCUT2D eigenvalue weighted by Crippen LogP contribution is 2.57. The lowest BCUT2D eigenvalue weighted by Crippen LogP contribution is -2.49. The maximum atomic E-state index is 16.2. The third kappa shape index (κ3) is 8.27. The molecule has 0 aromatic heterocycles. The molecule has 13 nitrogen and oxygen atoms in total. The number of carboxylic acid groups (broad SMARTS) is 1. The summed E-state index contributed by atoms with van der Waals surface area (Å²) in [6.45, 7) is 6.00. The number of carbonyl (C=O) groups is 4. The van der Waals surface area contributed by atoms with Crippen molar-refractivity contribution in [2.24, 2.45) is 5.41 Å². The predicted molar refractivity (Wildman–Crippen MR) is 198 cm³/mol. The van der Waals surface area contributed by atoms with Gasteiger partial charge in [-0.3, -0.25) is 9.59 Å². The standard InChI is InChI=1S/C38H42Cl2FN3O10/c1-37(2,3)18-28-38(24-11-9-20(39)17-27(24)43-35(38)48)29(22-7-6-8-25(40)30(22)41)31(44-28)33(45)42-26-12-10-21(34(46)47)23(32(26)51-5)19-54-36(49)53-16-15-52-14-13-50-4/h6-12,17,28-29,31,44H,13-16,18-19H2,1-5H3,(H,42,45)(H,43,48)(H,46,47)/t28-,29-,31+,38+/m0/s1. The van der Waals surface area contributed by atoms with Crippen molar-refractivity contribution < 1.29 is 52.4 Å². The summed E-state index contributed by atoms with van der Waals surface area (Å²) in [5.41, 5.74) is -1.18. The molecule has 0 radical (unpaired) electrons. The Hall–Kier alpha value is -4.47. The van der Waals surface area contributed by atoms with E-state index in [4.69, 9.17) is 46.9 Å². The molecule has 54 heavy (non-hydrogen) atoms. The highest BCUT2D eigenvalue weighted by molar-refractivity contribution is 6.31. The number of hydrogen-bond donors (Lipinski definition) is 4. The van der Waals surface area contributed by atoms with Crippen LogP contribution in [0.5, 0.6) is 5.75 Å². The van der Waals surface area contributed by atoms with Crippen LogP contribution in [0.2, 0.25) is 10.0 Å². The van der Waals surface area contributed by atoms with E-state index in [1.54, 1.807) is 24.3 Å². The van der Waals surface area contributed by atoms with Gasteiger partial charge in [0.25, 0.3) is 0 Å². The monoisotopic (exact) mass is 789 g/mol. The van der Waals surface area contributed by atoms with Gasteiger partial charge in [-0.25, -0.2) is 14.0 Å². The smallest absolute Gasteiger partial charge is 0.494 e. The van der Waals surface area contributed by atoms with Crippen LogP contribution in [0.25, 0.3) is 0 Å². The highest BCUT2D eigenvalue weighted by Gasteiger charge is 2.66. The molecule has 2 heterocycles. The molecule has 290 valence electrons. The summed E-state index contributed by atoms with van der Waals surface area (Å²) in [5, 5.41) is 19.3. The van der Waals surface area contributed by atoms with Gasteiger partial charge in [-0.05, 0) is 53.3 Å². The van der Waals surface area contributed by atoms with Crippen LogP contribution in [0.4, 0.5) is 20.6 Å². The summed E-state index contributed by atoms with van der Waals surface area (Å²) < 4.78 is 42.1. The van der Waals surface area contributed by atoms with Gasteiger partial charge < -0.3 is 44.7 Å². The first-order chi connectivity index (χ1) is 25.6. The Morgan fingerprint density at radius 1 is 1.00 bits per heavy atom. The van der Waals surface area contributed by atoms with E-state index < -0.39 is 59.8 Å². The molecule has 3 aromatic rings. The second kappa shape index (κ2) is 16.9. The third-order valence-corrected chi connectivity index (χ3v) is 9.91. The minimum atomic E-state index is -1.51. The molecule has 0 unspecified atom stereocenters. The molecule has 2 aliphatic rings. The predicted octanol–water partition coefficient (Wildman–Crippen LogP) is 6.54. The molecular weight excluding hydrogens is 748 g/mol. The number of fused-ring (bicyclic) bond motifs is 2. The number of nitrogens with one attached hydrogen (secondary N) is 3. The van der Waals surface area contributed by atoms with E-state index in [0.717, 1.165) is 0 Å². The van der Waals surface area contributed by atoms with Crippen LogP contribution in [0.15, 0.2) is 48.5 Å². The second-order valence-electron chi connectivity index (χ2n) is 14.1. The molecule has 1 fully saturated rings. The number of amides is 2. The number of rotatable bonds is 14. The van der Waals surface area contributed by atoms with Gasteiger partial charge in [-0.1, -0.05) is 62.2 Å². The fourth-order valence-corrected chi connectivity index (χ4v) is 7.62. The van der Waals surface area contributed by atoms with Gasteiger partial charge in [-0.15, -0.1) is 0 Å².